The highest BCUT2D eigenvalue weighted by Gasteiger charge is 2.43. The van der Waals surface area contributed by atoms with Gasteiger partial charge in [0.15, 0.2) is 8.07 Å². The molecule has 0 aromatic heterocycles. The summed E-state index contributed by atoms with van der Waals surface area (Å²) in [5.74, 6) is -1.20. The molecule has 0 radical (unpaired) electrons. The van der Waals surface area contributed by atoms with Crippen LogP contribution in [0.2, 0.25) is 18.1 Å². The Labute approximate surface area is 189 Å². The lowest BCUT2D eigenvalue weighted by Gasteiger charge is -2.31. The molecule has 0 saturated heterocycles. The Kier molecular flexibility index (Phi) is 7.08. The minimum Gasteiger partial charge on any atom is -0.304 e. The summed E-state index contributed by atoms with van der Waals surface area (Å²) in [5, 5.41) is 13.3. The summed E-state index contributed by atoms with van der Waals surface area (Å²) in [5.41, 5.74) is 2.63. The zero-order valence-electron chi connectivity index (χ0n) is 17.9. The Morgan fingerprint density at radius 3 is 2.03 bits per heavy atom. The predicted octanol–water partition coefficient (Wildman–Crippen LogP) is 5.52. The van der Waals surface area contributed by atoms with E-state index in [2.05, 4.69) is 0 Å². The molecule has 0 bridgehead atoms. The van der Waals surface area contributed by atoms with E-state index in [4.69, 9.17) is 11.6 Å². The molecule has 0 aliphatic heterocycles. The minimum atomic E-state index is -2.59. The third-order valence-corrected chi connectivity index (χ3v) is 9.45. The first-order valence-electron chi connectivity index (χ1n) is 10.2. The maximum atomic E-state index is 14.1. The largest absolute Gasteiger partial charge is 0.304 e. The van der Waals surface area contributed by atoms with Crippen LogP contribution in [-0.2, 0) is 4.79 Å². The van der Waals surface area contributed by atoms with Crippen LogP contribution in [0, 0.1) is 17.0 Å². The molecule has 0 fully saturated rings. The quantitative estimate of drug-likeness (QED) is 0.257. The summed E-state index contributed by atoms with van der Waals surface area (Å²) < 4.78 is 0. The Morgan fingerprint density at radius 2 is 1.48 bits per heavy atom. The molecule has 0 spiro atoms. The monoisotopic (exact) mass is 451 g/mol. The first-order valence-corrected chi connectivity index (χ1v) is 13.6. The van der Waals surface area contributed by atoms with E-state index in [-0.39, 0.29) is 16.9 Å². The molecule has 0 N–H and O–H groups in total. The average Bonchev–Trinajstić information content (AvgIpc) is 2.75. The van der Waals surface area contributed by atoms with Crippen molar-refractivity contribution in [3.63, 3.8) is 0 Å². The molecule has 31 heavy (non-hydrogen) atoms. The van der Waals surface area contributed by atoms with E-state index in [0.29, 0.717) is 5.02 Å². The lowest BCUT2D eigenvalue weighted by molar-refractivity contribution is -0.483. The van der Waals surface area contributed by atoms with Gasteiger partial charge in [0.1, 0.15) is 5.41 Å². The normalized spacial score (nSPS) is 13.4. The molecule has 160 valence electrons. The highest BCUT2D eigenvalue weighted by atomic mass is 35.5. The fourth-order valence-corrected chi connectivity index (χ4v) is 6.58. The van der Waals surface area contributed by atoms with Gasteiger partial charge in [0.05, 0.1) is 11.8 Å². The van der Waals surface area contributed by atoms with Gasteiger partial charge < -0.3 is 4.79 Å². The molecule has 3 aromatic rings. The van der Waals surface area contributed by atoms with Gasteiger partial charge in [0, 0.05) is 9.95 Å². The van der Waals surface area contributed by atoms with E-state index in [1.807, 2.05) is 86.7 Å². The van der Waals surface area contributed by atoms with Crippen LogP contribution in [0.5, 0.6) is 0 Å². The standard InChI is InChI=1S/C25H26ClNO3Si/c1-18-9-11-19(12-10-18)23(17-27(29)30)24(20-13-15-21(26)16-14-20)25(28)31(2,3)22-7-5-4-6-8-22/h4-16,23-24H,17H2,1-3H3/t23-,24+/m0/s1. The number of carbonyl (C=O) groups excluding carboxylic acids is 1. The molecule has 0 heterocycles. The molecule has 6 heteroatoms. The predicted molar refractivity (Wildman–Crippen MR) is 129 cm³/mol. The lowest BCUT2D eigenvalue weighted by atomic mass is 9.82. The van der Waals surface area contributed by atoms with E-state index in [9.17, 15) is 14.9 Å². The molecule has 2 atom stereocenters. The summed E-state index contributed by atoms with van der Waals surface area (Å²) >= 11 is 6.10. The maximum Gasteiger partial charge on any atom is 0.211 e. The Bertz CT molecular complexity index is 1050. The van der Waals surface area contributed by atoms with E-state index >= 15 is 0 Å². The van der Waals surface area contributed by atoms with Gasteiger partial charge in [-0.15, -0.1) is 0 Å². The zero-order chi connectivity index (χ0) is 22.6. The van der Waals surface area contributed by atoms with Crippen LogP contribution in [0.15, 0.2) is 78.9 Å². The second-order valence-electron chi connectivity index (χ2n) is 8.42. The molecule has 0 unspecified atom stereocenters. The molecule has 0 amide bonds. The minimum absolute atomic E-state index is 0.0773. The second-order valence-corrected chi connectivity index (χ2v) is 13.2. The van der Waals surface area contributed by atoms with Gasteiger partial charge in [-0.25, -0.2) is 0 Å². The number of benzene rings is 3. The van der Waals surface area contributed by atoms with Crippen molar-refractivity contribution in [2.75, 3.05) is 6.54 Å². The third kappa shape index (κ3) is 5.30. The Morgan fingerprint density at radius 1 is 0.935 bits per heavy atom. The van der Waals surface area contributed by atoms with Crippen LogP contribution >= 0.6 is 11.6 Å². The Balaban J connectivity index is 2.16. The van der Waals surface area contributed by atoms with Crippen molar-refractivity contribution in [3.8, 4) is 0 Å². The number of nitrogens with zero attached hydrogens (tertiary/aromatic N) is 1. The van der Waals surface area contributed by atoms with E-state index in [0.717, 1.165) is 21.9 Å². The van der Waals surface area contributed by atoms with E-state index in [1.165, 1.54) is 0 Å². The van der Waals surface area contributed by atoms with Crippen LogP contribution in [0.25, 0.3) is 0 Å². The molecular weight excluding hydrogens is 426 g/mol. The van der Waals surface area contributed by atoms with Gasteiger partial charge in [-0.2, -0.15) is 0 Å². The SMILES string of the molecule is Cc1ccc([C@H](C[N+](=O)[O-])[C@H](C(=O)[Si](C)(C)c2ccccc2)c2ccc(Cl)cc2)cc1. The maximum absolute atomic E-state index is 14.1. The van der Waals surface area contributed by atoms with Crippen molar-refractivity contribution in [2.24, 2.45) is 0 Å². The first-order chi connectivity index (χ1) is 14.7. The molecule has 3 rings (SSSR count). The molecule has 0 aliphatic rings. The average molecular weight is 452 g/mol. The van der Waals surface area contributed by atoms with Crippen LogP contribution in [0.3, 0.4) is 0 Å². The van der Waals surface area contributed by atoms with Gasteiger partial charge in [0.2, 0.25) is 6.54 Å². The van der Waals surface area contributed by atoms with Crippen LogP contribution in [-0.4, -0.2) is 24.9 Å². The van der Waals surface area contributed by atoms with E-state index < -0.39 is 19.9 Å². The summed E-state index contributed by atoms with van der Waals surface area (Å²) in [4.78, 5) is 25.5. The third-order valence-electron chi connectivity index (χ3n) is 5.88. The molecule has 0 saturated carbocycles. The van der Waals surface area contributed by atoms with Gasteiger partial charge >= 0.3 is 0 Å². The molecule has 3 aromatic carbocycles. The van der Waals surface area contributed by atoms with Gasteiger partial charge in [-0.05, 0) is 30.2 Å². The summed E-state index contributed by atoms with van der Waals surface area (Å²) in [6.07, 6.45) is 0. The molecule has 0 aliphatic carbocycles. The lowest BCUT2D eigenvalue weighted by Crippen LogP contribution is -2.53. The fraction of sp³-hybridized carbons (Fsp3) is 0.240. The number of rotatable bonds is 8. The van der Waals surface area contributed by atoms with Crippen molar-refractivity contribution >= 4 is 30.3 Å². The zero-order valence-corrected chi connectivity index (χ0v) is 19.7. The van der Waals surface area contributed by atoms with Gasteiger partial charge in [0.25, 0.3) is 0 Å². The number of hydrogen-bond donors (Lipinski definition) is 0. The fourth-order valence-electron chi connectivity index (χ4n) is 4.00. The smallest absolute Gasteiger partial charge is 0.211 e. The summed E-state index contributed by atoms with van der Waals surface area (Å²) in [7, 11) is -2.59. The highest BCUT2D eigenvalue weighted by molar-refractivity contribution is 7.13. The Hall–Kier alpha value is -2.76. The topological polar surface area (TPSA) is 60.2 Å². The van der Waals surface area contributed by atoms with Crippen molar-refractivity contribution in [2.45, 2.75) is 31.9 Å². The van der Waals surface area contributed by atoms with Crippen LogP contribution < -0.4 is 5.19 Å². The molecular formula is C25H26ClNO3Si. The van der Waals surface area contributed by atoms with Crippen LogP contribution in [0.1, 0.15) is 28.5 Å². The van der Waals surface area contributed by atoms with Crippen molar-refractivity contribution in [3.05, 3.63) is 111 Å². The van der Waals surface area contributed by atoms with Crippen molar-refractivity contribution < 1.29 is 9.72 Å². The molecule has 4 nitrogen and oxygen atoms in total. The second kappa shape index (κ2) is 9.58. The summed E-state index contributed by atoms with van der Waals surface area (Å²) in [6.45, 7) is 5.69. The van der Waals surface area contributed by atoms with Crippen molar-refractivity contribution in [1.29, 1.82) is 0 Å². The highest BCUT2D eigenvalue weighted by Crippen LogP contribution is 2.37. The van der Waals surface area contributed by atoms with E-state index in [1.54, 1.807) is 12.1 Å². The number of halogens is 1. The number of aryl methyl sites for hydroxylation is 1. The number of carbonyl (C=O) groups is 1. The van der Waals surface area contributed by atoms with Crippen LogP contribution in [0.4, 0.5) is 0 Å². The summed E-state index contributed by atoms with van der Waals surface area (Å²) in [6, 6.07) is 24.6. The van der Waals surface area contributed by atoms with Gasteiger partial charge in [-0.1, -0.05) is 102 Å². The number of nitro groups is 1. The first kappa shape index (κ1) is 22.9. The van der Waals surface area contributed by atoms with Gasteiger partial charge in [-0.3, -0.25) is 10.1 Å². The van der Waals surface area contributed by atoms with Crippen molar-refractivity contribution in [1.82, 2.24) is 0 Å². The number of hydrogen-bond acceptors (Lipinski definition) is 3.